The second-order valence-corrected chi connectivity index (χ2v) is 5.78. The molecule has 0 unspecified atom stereocenters. The third-order valence-corrected chi connectivity index (χ3v) is 3.99. The molecule has 1 aliphatic heterocycles. The SMILES string of the molecule is Cc1cc(C)cc(NC(=O)C2=NCC3=C2CCCC3)c1. The van der Waals surface area contributed by atoms with E-state index >= 15 is 0 Å². The number of nitrogens with one attached hydrogen (secondary N) is 1. The Morgan fingerprint density at radius 2 is 1.80 bits per heavy atom. The molecule has 1 aromatic rings. The molecule has 1 N–H and O–H groups in total. The van der Waals surface area contributed by atoms with Crippen LogP contribution in [-0.4, -0.2) is 18.2 Å². The van der Waals surface area contributed by atoms with Crippen molar-refractivity contribution in [3.8, 4) is 0 Å². The van der Waals surface area contributed by atoms with Crippen LogP contribution in [0.25, 0.3) is 0 Å². The van der Waals surface area contributed by atoms with Gasteiger partial charge < -0.3 is 5.32 Å². The minimum Gasteiger partial charge on any atom is -0.321 e. The zero-order valence-electron chi connectivity index (χ0n) is 12.1. The maximum absolute atomic E-state index is 12.4. The normalized spacial score (nSPS) is 17.8. The number of aliphatic imine (C=N–C) groups is 1. The molecule has 3 heteroatoms. The van der Waals surface area contributed by atoms with Gasteiger partial charge >= 0.3 is 0 Å². The molecule has 3 rings (SSSR count). The fourth-order valence-electron chi connectivity index (χ4n) is 3.14. The van der Waals surface area contributed by atoms with Gasteiger partial charge in [-0.1, -0.05) is 6.07 Å². The minimum absolute atomic E-state index is 0.0538. The van der Waals surface area contributed by atoms with E-state index in [4.69, 9.17) is 0 Å². The van der Waals surface area contributed by atoms with E-state index in [2.05, 4.69) is 16.4 Å². The summed E-state index contributed by atoms with van der Waals surface area (Å²) in [6, 6.07) is 6.09. The van der Waals surface area contributed by atoms with E-state index in [-0.39, 0.29) is 5.91 Å². The molecule has 0 fully saturated rings. The van der Waals surface area contributed by atoms with Crippen LogP contribution in [-0.2, 0) is 4.79 Å². The van der Waals surface area contributed by atoms with Crippen molar-refractivity contribution < 1.29 is 4.79 Å². The van der Waals surface area contributed by atoms with Crippen LogP contribution in [0.5, 0.6) is 0 Å². The number of amides is 1. The molecule has 2 aliphatic rings. The van der Waals surface area contributed by atoms with Crippen LogP contribution < -0.4 is 5.32 Å². The van der Waals surface area contributed by atoms with Gasteiger partial charge in [-0.2, -0.15) is 0 Å². The highest BCUT2D eigenvalue weighted by Gasteiger charge is 2.26. The molecule has 104 valence electrons. The smallest absolute Gasteiger partial charge is 0.274 e. The second-order valence-electron chi connectivity index (χ2n) is 5.78. The number of nitrogens with zero attached hydrogens (tertiary/aromatic N) is 1. The first-order valence-corrected chi connectivity index (χ1v) is 7.29. The molecule has 0 bridgehead atoms. The predicted molar refractivity (Wildman–Crippen MR) is 82.3 cm³/mol. The molecule has 3 nitrogen and oxygen atoms in total. The number of hydrogen-bond donors (Lipinski definition) is 1. The van der Waals surface area contributed by atoms with E-state index in [0.717, 1.165) is 36.2 Å². The van der Waals surface area contributed by atoms with Gasteiger partial charge in [0.2, 0.25) is 0 Å². The highest BCUT2D eigenvalue weighted by molar-refractivity contribution is 6.49. The fraction of sp³-hybridized carbons (Fsp3) is 0.412. The topological polar surface area (TPSA) is 41.5 Å². The van der Waals surface area contributed by atoms with Crippen LogP contribution in [0, 0.1) is 13.8 Å². The number of rotatable bonds is 2. The van der Waals surface area contributed by atoms with Crippen molar-refractivity contribution in [2.24, 2.45) is 4.99 Å². The molecule has 0 saturated carbocycles. The standard InChI is InChI=1S/C17H20N2O/c1-11-7-12(2)9-14(8-11)19-17(20)16-15-6-4-3-5-13(15)10-18-16/h7-9H,3-6,10H2,1-2H3,(H,19,20). The van der Waals surface area contributed by atoms with Crippen LogP contribution >= 0.6 is 0 Å². The van der Waals surface area contributed by atoms with Crippen LogP contribution in [0.3, 0.4) is 0 Å². The zero-order chi connectivity index (χ0) is 14.1. The molecule has 0 aromatic heterocycles. The Morgan fingerprint density at radius 3 is 2.55 bits per heavy atom. The molecular weight excluding hydrogens is 248 g/mol. The van der Waals surface area contributed by atoms with Crippen LogP contribution in [0.15, 0.2) is 34.3 Å². The number of aryl methyl sites for hydroxylation is 2. The van der Waals surface area contributed by atoms with Gasteiger partial charge in [-0.3, -0.25) is 9.79 Å². The van der Waals surface area contributed by atoms with Crippen LogP contribution in [0.4, 0.5) is 5.69 Å². The van der Waals surface area contributed by atoms with Gasteiger partial charge in [0.05, 0.1) is 6.54 Å². The van der Waals surface area contributed by atoms with Gasteiger partial charge in [0, 0.05) is 5.69 Å². The van der Waals surface area contributed by atoms with E-state index < -0.39 is 0 Å². The third kappa shape index (κ3) is 2.53. The van der Waals surface area contributed by atoms with Crippen molar-refractivity contribution in [1.29, 1.82) is 0 Å². The summed E-state index contributed by atoms with van der Waals surface area (Å²) in [4.78, 5) is 16.9. The molecular formula is C17H20N2O. The summed E-state index contributed by atoms with van der Waals surface area (Å²) in [5, 5.41) is 2.99. The van der Waals surface area contributed by atoms with Gasteiger partial charge in [-0.05, 0) is 73.9 Å². The average molecular weight is 268 g/mol. The molecule has 1 amide bonds. The fourth-order valence-corrected chi connectivity index (χ4v) is 3.14. The van der Waals surface area contributed by atoms with E-state index in [1.807, 2.05) is 26.0 Å². The molecule has 0 spiro atoms. The molecule has 0 atom stereocenters. The Bertz CT molecular complexity index is 606. The Morgan fingerprint density at radius 1 is 1.10 bits per heavy atom. The summed E-state index contributed by atoms with van der Waals surface area (Å²) in [5.41, 5.74) is 6.43. The van der Waals surface area contributed by atoms with E-state index in [1.54, 1.807) is 0 Å². The van der Waals surface area contributed by atoms with Crippen molar-refractivity contribution in [2.45, 2.75) is 39.5 Å². The Hall–Kier alpha value is -1.90. The van der Waals surface area contributed by atoms with Crippen LogP contribution in [0.2, 0.25) is 0 Å². The van der Waals surface area contributed by atoms with Crippen molar-refractivity contribution in [3.63, 3.8) is 0 Å². The lowest BCUT2D eigenvalue weighted by molar-refractivity contribution is -0.110. The van der Waals surface area contributed by atoms with E-state index in [0.29, 0.717) is 5.71 Å². The lowest BCUT2D eigenvalue weighted by atomic mass is 9.90. The lowest BCUT2D eigenvalue weighted by Crippen LogP contribution is -2.24. The number of benzene rings is 1. The second kappa shape index (κ2) is 5.23. The molecule has 20 heavy (non-hydrogen) atoms. The number of carbonyl (C=O) groups is 1. The first kappa shape index (κ1) is 13.1. The molecule has 0 saturated heterocycles. The molecule has 1 aromatic carbocycles. The summed E-state index contributed by atoms with van der Waals surface area (Å²) in [5.74, 6) is -0.0538. The Balaban J connectivity index is 1.78. The van der Waals surface area contributed by atoms with E-state index in [1.165, 1.54) is 24.0 Å². The first-order valence-electron chi connectivity index (χ1n) is 7.29. The zero-order valence-corrected chi connectivity index (χ0v) is 12.1. The van der Waals surface area contributed by atoms with Crippen molar-refractivity contribution in [3.05, 3.63) is 40.5 Å². The van der Waals surface area contributed by atoms with Crippen molar-refractivity contribution in [2.75, 3.05) is 11.9 Å². The lowest BCUT2D eigenvalue weighted by Gasteiger charge is -2.15. The monoisotopic (exact) mass is 268 g/mol. The highest BCUT2D eigenvalue weighted by Crippen LogP contribution is 2.30. The number of carbonyl (C=O) groups excluding carboxylic acids is 1. The van der Waals surface area contributed by atoms with Gasteiger partial charge in [-0.25, -0.2) is 0 Å². The third-order valence-electron chi connectivity index (χ3n) is 3.99. The van der Waals surface area contributed by atoms with Crippen molar-refractivity contribution >= 4 is 17.3 Å². The summed E-state index contributed by atoms with van der Waals surface area (Å²) in [7, 11) is 0. The van der Waals surface area contributed by atoms with E-state index in [9.17, 15) is 4.79 Å². The highest BCUT2D eigenvalue weighted by atomic mass is 16.1. The number of hydrogen-bond acceptors (Lipinski definition) is 2. The summed E-state index contributed by atoms with van der Waals surface area (Å²) in [6.07, 6.45) is 4.53. The van der Waals surface area contributed by atoms with Crippen LogP contribution in [0.1, 0.15) is 36.8 Å². The average Bonchev–Trinajstić information content (AvgIpc) is 2.81. The van der Waals surface area contributed by atoms with Crippen molar-refractivity contribution in [1.82, 2.24) is 0 Å². The predicted octanol–water partition coefficient (Wildman–Crippen LogP) is 3.57. The van der Waals surface area contributed by atoms with Gasteiger partial charge in [-0.15, -0.1) is 0 Å². The largest absolute Gasteiger partial charge is 0.321 e. The summed E-state index contributed by atoms with van der Waals surface area (Å²) < 4.78 is 0. The molecule has 1 aliphatic carbocycles. The molecule has 1 heterocycles. The maximum Gasteiger partial charge on any atom is 0.274 e. The Kier molecular flexibility index (Phi) is 3.43. The quantitative estimate of drug-likeness (QED) is 0.875. The summed E-state index contributed by atoms with van der Waals surface area (Å²) in [6.45, 7) is 4.81. The number of anilines is 1. The van der Waals surface area contributed by atoms with Gasteiger partial charge in [0.1, 0.15) is 5.71 Å². The first-order chi connectivity index (χ1) is 9.63. The van der Waals surface area contributed by atoms with Gasteiger partial charge in [0.15, 0.2) is 0 Å². The minimum atomic E-state index is -0.0538. The van der Waals surface area contributed by atoms with Gasteiger partial charge in [0.25, 0.3) is 5.91 Å². The summed E-state index contributed by atoms with van der Waals surface area (Å²) >= 11 is 0. The Labute approximate surface area is 119 Å². The molecule has 0 radical (unpaired) electrons. The maximum atomic E-state index is 12.4.